The molecule has 166 valence electrons. The summed E-state index contributed by atoms with van der Waals surface area (Å²) in [7, 11) is -3.49. The van der Waals surface area contributed by atoms with Crippen molar-refractivity contribution in [2.45, 2.75) is 18.2 Å². The maximum absolute atomic E-state index is 12.8. The number of ether oxygens (including phenoxy) is 1. The lowest BCUT2D eigenvalue weighted by atomic mass is 9.97. The molecule has 2 aromatic carbocycles. The van der Waals surface area contributed by atoms with E-state index in [0.717, 1.165) is 17.7 Å². The number of carbonyl (C=O) groups is 1. The third-order valence-corrected chi connectivity index (χ3v) is 7.81. The van der Waals surface area contributed by atoms with Crippen molar-refractivity contribution in [2.75, 3.05) is 45.9 Å². The number of rotatable bonds is 6. The van der Waals surface area contributed by atoms with Gasteiger partial charge in [-0.05, 0) is 37.1 Å². The van der Waals surface area contributed by atoms with E-state index in [0.29, 0.717) is 44.2 Å². The molecule has 0 radical (unpaired) electrons. The second-order valence-corrected chi connectivity index (χ2v) is 10.2. The van der Waals surface area contributed by atoms with Crippen molar-refractivity contribution in [3.8, 4) is 5.75 Å². The van der Waals surface area contributed by atoms with Crippen LogP contribution < -0.4 is 10.1 Å². The molecule has 1 saturated heterocycles. The lowest BCUT2D eigenvalue weighted by Gasteiger charge is -2.33. The van der Waals surface area contributed by atoms with Crippen LogP contribution in [-0.2, 0) is 21.2 Å². The maximum Gasteiger partial charge on any atom is 0.243 e. The number of benzene rings is 2. The summed E-state index contributed by atoms with van der Waals surface area (Å²) in [5.74, 6) is 1.16. The van der Waals surface area contributed by atoms with Gasteiger partial charge in [-0.15, -0.1) is 0 Å². The number of sulfonamides is 1. The van der Waals surface area contributed by atoms with Gasteiger partial charge in [-0.2, -0.15) is 4.31 Å². The van der Waals surface area contributed by atoms with Crippen LogP contribution in [0.4, 0.5) is 0 Å². The fourth-order valence-electron chi connectivity index (χ4n) is 4.03. The Bertz CT molecular complexity index is 1020. The van der Waals surface area contributed by atoms with Gasteiger partial charge in [0.15, 0.2) is 0 Å². The highest BCUT2D eigenvalue weighted by molar-refractivity contribution is 7.89. The van der Waals surface area contributed by atoms with Gasteiger partial charge in [0, 0.05) is 38.6 Å². The zero-order valence-corrected chi connectivity index (χ0v) is 18.6. The Morgan fingerprint density at radius 3 is 2.52 bits per heavy atom. The van der Waals surface area contributed by atoms with E-state index in [1.165, 1.54) is 9.87 Å². The van der Waals surface area contributed by atoms with Gasteiger partial charge < -0.3 is 10.1 Å². The molecule has 0 saturated carbocycles. The van der Waals surface area contributed by atoms with Gasteiger partial charge in [0.25, 0.3) is 0 Å². The van der Waals surface area contributed by atoms with E-state index < -0.39 is 10.0 Å². The highest BCUT2D eigenvalue weighted by Crippen LogP contribution is 2.26. The number of para-hydroxylation sites is 1. The first-order valence-corrected chi connectivity index (χ1v) is 12.1. The monoisotopic (exact) mass is 443 g/mol. The van der Waals surface area contributed by atoms with E-state index in [-0.39, 0.29) is 18.4 Å². The number of aryl methyl sites for hydroxylation is 1. The summed E-state index contributed by atoms with van der Waals surface area (Å²) in [6, 6.07) is 14.9. The number of hydrogen-bond acceptors (Lipinski definition) is 5. The second-order valence-electron chi connectivity index (χ2n) is 8.29. The lowest BCUT2D eigenvalue weighted by molar-refractivity contribution is -0.122. The number of hydrogen-bond donors (Lipinski definition) is 1. The van der Waals surface area contributed by atoms with Crippen LogP contribution in [0.5, 0.6) is 5.75 Å². The third kappa shape index (κ3) is 5.26. The average molecular weight is 444 g/mol. The van der Waals surface area contributed by atoms with Crippen molar-refractivity contribution in [1.82, 2.24) is 14.5 Å². The molecule has 2 heterocycles. The SMILES string of the molecule is Cc1ccc(S(=O)(=O)N2CCN(CC(=O)NCC3COc4ccccc4C3)CC2)cc1. The highest BCUT2D eigenvalue weighted by Gasteiger charge is 2.29. The summed E-state index contributed by atoms with van der Waals surface area (Å²) in [5.41, 5.74) is 2.21. The van der Waals surface area contributed by atoms with Gasteiger partial charge in [0.2, 0.25) is 15.9 Å². The quantitative estimate of drug-likeness (QED) is 0.735. The Morgan fingerprint density at radius 2 is 1.77 bits per heavy atom. The fraction of sp³-hybridized carbons (Fsp3) is 0.435. The van der Waals surface area contributed by atoms with Crippen molar-refractivity contribution < 1.29 is 17.9 Å². The molecule has 1 unspecified atom stereocenters. The smallest absolute Gasteiger partial charge is 0.243 e. The van der Waals surface area contributed by atoms with E-state index >= 15 is 0 Å². The number of nitrogens with zero attached hydrogens (tertiary/aromatic N) is 2. The van der Waals surface area contributed by atoms with Gasteiger partial charge in [0.05, 0.1) is 18.0 Å². The van der Waals surface area contributed by atoms with Gasteiger partial charge in [0.1, 0.15) is 5.75 Å². The highest BCUT2D eigenvalue weighted by atomic mass is 32.2. The van der Waals surface area contributed by atoms with Crippen LogP contribution in [0.1, 0.15) is 11.1 Å². The van der Waals surface area contributed by atoms with Crippen molar-refractivity contribution in [3.63, 3.8) is 0 Å². The number of nitrogens with one attached hydrogen (secondary N) is 1. The van der Waals surface area contributed by atoms with Gasteiger partial charge in [-0.3, -0.25) is 9.69 Å². The van der Waals surface area contributed by atoms with Crippen molar-refractivity contribution in [2.24, 2.45) is 5.92 Å². The molecule has 0 spiro atoms. The minimum absolute atomic E-state index is 0.0336. The van der Waals surface area contributed by atoms with Crippen LogP contribution >= 0.6 is 0 Å². The molecular weight excluding hydrogens is 414 g/mol. The number of piperazine rings is 1. The molecule has 8 heteroatoms. The standard InChI is InChI=1S/C23H29N3O4S/c1-18-6-8-21(9-7-18)31(28,29)26-12-10-25(11-13-26)16-23(27)24-15-19-14-20-4-2-3-5-22(20)30-17-19/h2-9,19H,10-17H2,1H3,(H,24,27). The number of fused-ring (bicyclic) bond motifs is 1. The topological polar surface area (TPSA) is 79.0 Å². The minimum atomic E-state index is -3.49. The van der Waals surface area contributed by atoms with Gasteiger partial charge in [-0.25, -0.2) is 8.42 Å². The summed E-state index contributed by atoms with van der Waals surface area (Å²) in [6.45, 7) is 5.25. The van der Waals surface area contributed by atoms with Crippen LogP contribution in [0.2, 0.25) is 0 Å². The first-order valence-electron chi connectivity index (χ1n) is 10.7. The molecule has 1 fully saturated rings. The van der Waals surface area contributed by atoms with Crippen molar-refractivity contribution in [3.05, 3.63) is 59.7 Å². The van der Waals surface area contributed by atoms with E-state index in [2.05, 4.69) is 11.4 Å². The van der Waals surface area contributed by atoms with E-state index in [1.807, 2.05) is 42.2 Å². The second kappa shape index (κ2) is 9.38. The molecule has 2 aliphatic rings. The van der Waals surface area contributed by atoms with Gasteiger partial charge in [-0.1, -0.05) is 35.9 Å². The van der Waals surface area contributed by atoms with Crippen LogP contribution in [0.15, 0.2) is 53.4 Å². The molecule has 1 atom stereocenters. The molecule has 1 N–H and O–H groups in total. The van der Waals surface area contributed by atoms with E-state index in [1.54, 1.807) is 12.1 Å². The Morgan fingerprint density at radius 1 is 1.06 bits per heavy atom. The van der Waals surface area contributed by atoms with Crippen LogP contribution in [0, 0.1) is 12.8 Å². The molecule has 0 bridgehead atoms. The summed E-state index contributed by atoms with van der Waals surface area (Å²) in [5, 5.41) is 3.01. The fourth-order valence-corrected chi connectivity index (χ4v) is 5.45. The Hall–Kier alpha value is -2.42. The molecule has 31 heavy (non-hydrogen) atoms. The summed E-state index contributed by atoms with van der Waals surface area (Å²) >= 11 is 0. The van der Waals surface area contributed by atoms with Crippen LogP contribution in [0.3, 0.4) is 0 Å². The zero-order chi connectivity index (χ0) is 21.8. The molecular formula is C23H29N3O4S. The van der Waals surface area contributed by atoms with Gasteiger partial charge >= 0.3 is 0 Å². The third-order valence-electron chi connectivity index (χ3n) is 5.90. The zero-order valence-electron chi connectivity index (χ0n) is 17.8. The van der Waals surface area contributed by atoms with Crippen LogP contribution in [0.25, 0.3) is 0 Å². The molecule has 2 aromatic rings. The molecule has 0 aliphatic carbocycles. The summed E-state index contributed by atoms with van der Waals surface area (Å²) < 4.78 is 32.9. The molecule has 1 amide bonds. The van der Waals surface area contributed by atoms with Crippen molar-refractivity contribution in [1.29, 1.82) is 0 Å². The molecule has 0 aromatic heterocycles. The van der Waals surface area contributed by atoms with Crippen molar-refractivity contribution >= 4 is 15.9 Å². The predicted octanol–water partition coefficient (Wildman–Crippen LogP) is 1.67. The number of carbonyl (C=O) groups excluding carboxylic acids is 1. The number of amides is 1. The first-order chi connectivity index (χ1) is 14.9. The predicted molar refractivity (Wildman–Crippen MR) is 119 cm³/mol. The Labute approximate surface area is 184 Å². The Kier molecular flexibility index (Phi) is 6.60. The molecule has 7 nitrogen and oxygen atoms in total. The largest absolute Gasteiger partial charge is 0.493 e. The van der Waals surface area contributed by atoms with E-state index in [9.17, 15) is 13.2 Å². The van der Waals surface area contributed by atoms with Crippen LogP contribution in [-0.4, -0.2) is 69.4 Å². The van der Waals surface area contributed by atoms with E-state index in [4.69, 9.17) is 4.74 Å². The molecule has 2 aliphatic heterocycles. The summed E-state index contributed by atoms with van der Waals surface area (Å²) in [6.07, 6.45) is 0.895. The average Bonchev–Trinajstić information content (AvgIpc) is 2.78. The summed E-state index contributed by atoms with van der Waals surface area (Å²) in [4.78, 5) is 14.7. The lowest BCUT2D eigenvalue weighted by Crippen LogP contribution is -2.51. The normalized spacial score (nSPS) is 20.0. The Balaban J connectivity index is 1.22. The maximum atomic E-state index is 12.8. The molecule has 4 rings (SSSR count). The minimum Gasteiger partial charge on any atom is -0.493 e. The first kappa shape index (κ1) is 21.8.